The Morgan fingerprint density at radius 1 is 0.674 bits per heavy atom. The van der Waals surface area contributed by atoms with Gasteiger partial charge >= 0.3 is 0 Å². The molecule has 0 aliphatic carbocycles. The zero-order valence-corrected chi connectivity index (χ0v) is 30.8. The highest BCUT2D eigenvalue weighted by Crippen LogP contribution is 2.39. The number of nitrogens with zero attached hydrogens (tertiary/aromatic N) is 1. The van der Waals surface area contributed by atoms with Crippen LogP contribution in [0, 0.1) is 0 Å². The third-order valence-corrected chi connectivity index (χ3v) is 12.9. The molecule has 2 amide bonds. The Labute approximate surface area is 290 Å². The van der Waals surface area contributed by atoms with Crippen molar-refractivity contribution in [1.82, 2.24) is 15.5 Å². The van der Waals surface area contributed by atoms with Gasteiger partial charge in [-0.1, -0.05) is 34.4 Å². The number of amides is 2. The topological polar surface area (TPSA) is 114 Å². The van der Waals surface area contributed by atoms with E-state index in [1.807, 2.05) is 21.6 Å². The molecule has 12 heteroatoms. The fraction of sp³-hybridized carbons (Fsp3) is 0.882. The lowest BCUT2D eigenvalue weighted by molar-refractivity contribution is -0.123. The van der Waals surface area contributed by atoms with Crippen molar-refractivity contribution in [1.29, 1.82) is 0 Å². The van der Waals surface area contributed by atoms with Gasteiger partial charge in [-0.25, -0.2) is 0 Å². The van der Waals surface area contributed by atoms with Crippen LogP contribution in [0.4, 0.5) is 0 Å². The van der Waals surface area contributed by atoms with E-state index >= 15 is 0 Å². The molecule has 2 aliphatic heterocycles. The lowest BCUT2D eigenvalue weighted by atomic mass is 10.1. The summed E-state index contributed by atoms with van der Waals surface area (Å²) < 4.78 is 10.6. The van der Waals surface area contributed by atoms with E-state index in [4.69, 9.17) is 9.47 Å². The molecule has 2 saturated heterocycles. The highest BCUT2D eigenvalue weighted by molar-refractivity contribution is 8.77. The molecule has 2 aliphatic rings. The maximum absolute atomic E-state index is 12.6. The molecule has 0 radical (unpaired) electrons. The number of nitrogens with one attached hydrogen (secondary N) is 2. The average molecular weight is 704 g/mol. The van der Waals surface area contributed by atoms with Crippen LogP contribution in [0.3, 0.4) is 0 Å². The Morgan fingerprint density at radius 3 is 2.00 bits per heavy atom. The van der Waals surface area contributed by atoms with Crippen molar-refractivity contribution < 1.29 is 28.7 Å². The predicted molar refractivity (Wildman–Crippen MR) is 194 cm³/mol. The molecule has 2 heterocycles. The van der Waals surface area contributed by atoms with E-state index in [1.54, 1.807) is 7.11 Å². The lowest BCUT2D eigenvalue weighted by Crippen LogP contribution is -2.35. The summed E-state index contributed by atoms with van der Waals surface area (Å²) in [6, 6.07) is 0. The highest BCUT2D eigenvalue weighted by atomic mass is 33.1. The fourth-order valence-corrected chi connectivity index (χ4v) is 9.92. The molecule has 0 saturated carbocycles. The van der Waals surface area contributed by atoms with Gasteiger partial charge in [0.1, 0.15) is 11.6 Å². The molecule has 0 aromatic heterocycles. The van der Waals surface area contributed by atoms with Crippen LogP contribution in [-0.4, -0.2) is 110 Å². The second kappa shape index (κ2) is 28.1. The average Bonchev–Trinajstić information content (AvgIpc) is 3.77. The molecule has 9 nitrogen and oxygen atoms in total. The maximum Gasteiger partial charge on any atom is 0.221 e. The van der Waals surface area contributed by atoms with E-state index in [0.29, 0.717) is 110 Å². The number of carbonyl (C=O) groups is 4. The molecule has 2 N–H and O–H groups in total. The van der Waals surface area contributed by atoms with E-state index in [0.717, 1.165) is 36.2 Å². The first-order valence-corrected chi connectivity index (χ1v) is 21.1. The van der Waals surface area contributed by atoms with E-state index < -0.39 is 0 Å². The minimum atomic E-state index is -0.0378. The van der Waals surface area contributed by atoms with Gasteiger partial charge in [-0.05, 0) is 63.5 Å². The van der Waals surface area contributed by atoms with Crippen LogP contribution in [0.2, 0.25) is 0 Å². The Morgan fingerprint density at radius 2 is 1.33 bits per heavy atom. The number of carbonyl (C=O) groups excluding carboxylic acids is 4. The van der Waals surface area contributed by atoms with Gasteiger partial charge in [0.15, 0.2) is 0 Å². The second-order valence-electron chi connectivity index (χ2n) is 12.4. The smallest absolute Gasteiger partial charge is 0.221 e. The van der Waals surface area contributed by atoms with Gasteiger partial charge in [-0.2, -0.15) is 11.8 Å². The molecule has 2 fully saturated rings. The maximum atomic E-state index is 12.6. The van der Waals surface area contributed by atoms with Crippen LogP contribution in [0.1, 0.15) is 109 Å². The summed E-state index contributed by atoms with van der Waals surface area (Å²) in [5, 5.41) is 7.47. The number of methoxy groups -OCH3 is 1. The molecule has 2 rings (SSSR count). The van der Waals surface area contributed by atoms with Crippen molar-refractivity contribution in [2.45, 2.75) is 120 Å². The van der Waals surface area contributed by atoms with Crippen molar-refractivity contribution in [2.75, 3.05) is 71.2 Å². The fourth-order valence-electron chi connectivity index (χ4n) is 5.56. The Kier molecular flexibility index (Phi) is 25.3. The Balaban J connectivity index is 1.52. The molecule has 2 atom stereocenters. The van der Waals surface area contributed by atoms with Gasteiger partial charge in [-0.15, -0.1) is 0 Å². The number of hydrogen-bond donors (Lipinski definition) is 2. The molecule has 266 valence electrons. The second-order valence-corrected chi connectivity index (χ2v) is 16.6. The zero-order valence-electron chi connectivity index (χ0n) is 28.4. The van der Waals surface area contributed by atoms with Gasteiger partial charge in [-0.3, -0.25) is 19.2 Å². The molecule has 2 unspecified atom stereocenters. The predicted octanol–water partition coefficient (Wildman–Crippen LogP) is 5.83. The number of ether oxygens (including phenoxy) is 2. The van der Waals surface area contributed by atoms with Crippen molar-refractivity contribution in [2.24, 2.45) is 0 Å². The highest BCUT2D eigenvalue weighted by Gasteiger charge is 2.17. The quantitative estimate of drug-likeness (QED) is 0.0700. The van der Waals surface area contributed by atoms with Gasteiger partial charge in [0.25, 0.3) is 0 Å². The van der Waals surface area contributed by atoms with Crippen molar-refractivity contribution in [3.05, 3.63) is 0 Å². The van der Waals surface area contributed by atoms with Crippen LogP contribution in [0.25, 0.3) is 0 Å². The third kappa shape index (κ3) is 22.7. The summed E-state index contributed by atoms with van der Waals surface area (Å²) in [6.07, 6.45) is 14.8. The van der Waals surface area contributed by atoms with E-state index in [2.05, 4.69) is 27.3 Å². The summed E-state index contributed by atoms with van der Waals surface area (Å²) in [5.41, 5.74) is 0. The van der Waals surface area contributed by atoms with E-state index in [1.165, 1.54) is 43.6 Å². The van der Waals surface area contributed by atoms with Crippen molar-refractivity contribution >= 4 is 56.7 Å². The summed E-state index contributed by atoms with van der Waals surface area (Å²) in [7, 11) is 5.59. The van der Waals surface area contributed by atoms with Gasteiger partial charge < -0.3 is 25.0 Å². The van der Waals surface area contributed by atoms with Gasteiger partial charge in [0.2, 0.25) is 11.8 Å². The van der Waals surface area contributed by atoms with Gasteiger partial charge in [0.05, 0.1) is 19.8 Å². The summed E-state index contributed by atoms with van der Waals surface area (Å²) in [4.78, 5) is 51.4. The van der Waals surface area contributed by atoms with Crippen molar-refractivity contribution in [3.63, 3.8) is 0 Å². The molecule has 0 aromatic carbocycles. The number of ketones is 2. The Hall–Kier alpha value is -0.790. The lowest BCUT2D eigenvalue weighted by Gasteiger charge is -2.22. The molecule has 46 heavy (non-hydrogen) atoms. The molecule has 0 spiro atoms. The number of unbranched alkanes of at least 4 members (excludes halogenated alkanes) is 2. The largest absolute Gasteiger partial charge is 0.382 e. The monoisotopic (exact) mass is 703 g/mol. The molecule has 0 bridgehead atoms. The molecule has 0 aromatic rings. The zero-order chi connectivity index (χ0) is 33.1. The number of rotatable bonds is 30. The number of thioether (sulfide) groups is 1. The summed E-state index contributed by atoms with van der Waals surface area (Å²) in [6.45, 7) is 4.32. The van der Waals surface area contributed by atoms with Crippen molar-refractivity contribution in [3.8, 4) is 0 Å². The number of hydrogen-bond acceptors (Lipinski definition) is 10. The van der Waals surface area contributed by atoms with Crippen LogP contribution in [-0.2, 0) is 28.7 Å². The van der Waals surface area contributed by atoms with E-state index in [-0.39, 0.29) is 17.6 Å². The van der Waals surface area contributed by atoms with Crippen LogP contribution >= 0.6 is 33.3 Å². The first kappa shape index (κ1) is 41.4. The summed E-state index contributed by atoms with van der Waals surface area (Å²) >= 11 is 2.07. The first-order chi connectivity index (χ1) is 22.5. The number of Topliss-reactive ketones (excluding diaryl/α,β-unsaturated/α-hetero) is 2. The molecular formula is C34H61N3O6S3. The SMILES string of the molecule is COCCOCCN(CCC(=O)CCCNC(=O)CCCCC1CCCS1)CCC(=O)NCCCC(=O)CCCCC1CCSS1. The minimum Gasteiger partial charge on any atom is -0.382 e. The standard InChI is InChI=1S/C34H61N3O6S3/c1-42-25-26-43-24-23-37(21-16-30(39)11-7-19-35-33(40)15-5-4-12-31-14-8-27-44-31)22-17-34(41)36-20-6-10-29(38)9-2-3-13-32-18-28-45-46-32/h31-32H,2-28H2,1H3,(H,35,40)(H,36,41). The molecular weight excluding hydrogens is 643 g/mol. The van der Waals surface area contributed by atoms with Gasteiger partial charge in [0, 0.05) is 94.6 Å². The normalized spacial score (nSPS) is 17.9. The minimum absolute atomic E-state index is 0.0378. The van der Waals surface area contributed by atoms with Crippen LogP contribution in [0.15, 0.2) is 0 Å². The first-order valence-electron chi connectivity index (χ1n) is 17.7. The van der Waals surface area contributed by atoms with E-state index in [9.17, 15) is 19.2 Å². The Bertz CT molecular complexity index is 781. The third-order valence-electron chi connectivity index (χ3n) is 8.42. The van der Waals surface area contributed by atoms with Crippen LogP contribution < -0.4 is 10.6 Å². The summed E-state index contributed by atoms with van der Waals surface area (Å²) in [5.74, 6) is 3.04. The van der Waals surface area contributed by atoms with Crippen LogP contribution in [0.5, 0.6) is 0 Å².